The number of halogens is 1. The lowest BCUT2D eigenvalue weighted by Crippen LogP contribution is -2.37. The van der Waals surface area contributed by atoms with Crippen LogP contribution in [-0.4, -0.2) is 18.5 Å². The molecule has 3 nitrogen and oxygen atoms in total. The van der Waals surface area contributed by atoms with Crippen LogP contribution in [0.5, 0.6) is 0 Å². The number of amides is 1. The van der Waals surface area contributed by atoms with Crippen molar-refractivity contribution in [3.8, 4) is 0 Å². The third-order valence-electron chi connectivity index (χ3n) is 3.81. The standard InChI is InChI=1S/C17H17FN2O/c1-12-10-13-6-2-5-9-16(13)20(12)11-17(21)19-15-8-4-3-7-14(15)18/h2-9,12H,10-11H2,1H3,(H,19,21)/t12-/m1/s1. The zero-order valence-corrected chi connectivity index (χ0v) is 11.8. The SMILES string of the molecule is C[C@@H]1Cc2ccccc2N1CC(=O)Nc1ccccc1F. The fourth-order valence-corrected chi connectivity index (χ4v) is 2.78. The van der Waals surface area contributed by atoms with Crippen molar-refractivity contribution in [2.75, 3.05) is 16.8 Å². The van der Waals surface area contributed by atoms with Crippen molar-refractivity contribution in [3.05, 3.63) is 59.9 Å². The maximum absolute atomic E-state index is 13.6. The van der Waals surface area contributed by atoms with Crippen molar-refractivity contribution in [3.63, 3.8) is 0 Å². The van der Waals surface area contributed by atoms with Gasteiger partial charge < -0.3 is 10.2 Å². The lowest BCUT2D eigenvalue weighted by molar-refractivity contribution is -0.115. The van der Waals surface area contributed by atoms with Gasteiger partial charge in [-0.05, 0) is 37.1 Å². The Labute approximate surface area is 123 Å². The van der Waals surface area contributed by atoms with Crippen LogP contribution < -0.4 is 10.2 Å². The Bertz CT molecular complexity index is 671. The van der Waals surface area contributed by atoms with Gasteiger partial charge in [-0.1, -0.05) is 30.3 Å². The predicted octanol–water partition coefficient (Wildman–Crippen LogP) is 3.22. The summed E-state index contributed by atoms with van der Waals surface area (Å²) in [6.45, 7) is 2.32. The van der Waals surface area contributed by atoms with Crippen molar-refractivity contribution in [2.45, 2.75) is 19.4 Å². The van der Waals surface area contributed by atoms with Crippen molar-refractivity contribution in [1.82, 2.24) is 0 Å². The number of rotatable bonds is 3. The highest BCUT2D eigenvalue weighted by Gasteiger charge is 2.27. The number of benzene rings is 2. The smallest absolute Gasteiger partial charge is 0.243 e. The molecule has 0 spiro atoms. The molecule has 0 bridgehead atoms. The summed E-state index contributed by atoms with van der Waals surface area (Å²) in [4.78, 5) is 14.2. The Morgan fingerprint density at radius 1 is 1.24 bits per heavy atom. The highest BCUT2D eigenvalue weighted by molar-refractivity contribution is 5.94. The van der Waals surface area contributed by atoms with Gasteiger partial charge in [0.2, 0.25) is 5.91 Å². The van der Waals surface area contributed by atoms with E-state index in [2.05, 4.69) is 23.2 Å². The van der Waals surface area contributed by atoms with Crippen LogP contribution in [0.1, 0.15) is 12.5 Å². The van der Waals surface area contributed by atoms with Crippen LogP contribution in [0, 0.1) is 5.82 Å². The first-order chi connectivity index (χ1) is 10.1. The molecule has 4 heteroatoms. The molecular formula is C17H17FN2O. The summed E-state index contributed by atoms with van der Waals surface area (Å²) in [5, 5.41) is 2.63. The minimum absolute atomic E-state index is 0.205. The minimum atomic E-state index is -0.416. The summed E-state index contributed by atoms with van der Waals surface area (Å²) in [5.74, 6) is -0.621. The molecule has 21 heavy (non-hydrogen) atoms. The third kappa shape index (κ3) is 2.75. The van der Waals surface area contributed by atoms with Gasteiger partial charge in [0.15, 0.2) is 0 Å². The van der Waals surface area contributed by atoms with Gasteiger partial charge in [0.1, 0.15) is 5.82 Å². The number of nitrogens with one attached hydrogen (secondary N) is 1. The quantitative estimate of drug-likeness (QED) is 0.938. The van der Waals surface area contributed by atoms with E-state index in [9.17, 15) is 9.18 Å². The number of carbonyl (C=O) groups excluding carboxylic acids is 1. The van der Waals surface area contributed by atoms with Crippen molar-refractivity contribution < 1.29 is 9.18 Å². The first-order valence-corrected chi connectivity index (χ1v) is 7.04. The molecule has 2 aromatic rings. The third-order valence-corrected chi connectivity index (χ3v) is 3.81. The van der Waals surface area contributed by atoms with Gasteiger partial charge in [0.05, 0.1) is 12.2 Å². The van der Waals surface area contributed by atoms with Crippen molar-refractivity contribution in [1.29, 1.82) is 0 Å². The Balaban J connectivity index is 1.72. The van der Waals surface area contributed by atoms with E-state index < -0.39 is 5.82 Å². The lowest BCUT2D eigenvalue weighted by atomic mass is 10.1. The molecule has 2 aromatic carbocycles. The number of fused-ring (bicyclic) bond motifs is 1. The molecule has 0 fully saturated rings. The number of anilines is 2. The van der Waals surface area contributed by atoms with E-state index in [1.165, 1.54) is 11.6 Å². The van der Waals surface area contributed by atoms with Gasteiger partial charge in [-0.2, -0.15) is 0 Å². The normalized spacial score (nSPS) is 16.7. The van der Waals surface area contributed by atoms with E-state index in [1.807, 2.05) is 18.2 Å². The van der Waals surface area contributed by atoms with E-state index in [-0.39, 0.29) is 24.2 Å². The molecule has 1 aliphatic heterocycles. The largest absolute Gasteiger partial charge is 0.359 e. The summed E-state index contributed by atoms with van der Waals surface area (Å²) >= 11 is 0. The average molecular weight is 284 g/mol. The molecule has 3 rings (SSSR count). The number of para-hydroxylation sites is 2. The Morgan fingerprint density at radius 2 is 1.95 bits per heavy atom. The summed E-state index contributed by atoms with van der Waals surface area (Å²) in [7, 11) is 0. The fourth-order valence-electron chi connectivity index (χ4n) is 2.78. The van der Waals surface area contributed by atoms with Crippen LogP contribution in [0.25, 0.3) is 0 Å². The Morgan fingerprint density at radius 3 is 2.76 bits per heavy atom. The molecule has 0 saturated heterocycles. The van der Waals surface area contributed by atoms with Crippen LogP contribution in [0.3, 0.4) is 0 Å². The summed E-state index contributed by atoms with van der Waals surface area (Å²) in [5.41, 5.74) is 2.57. The number of hydrogen-bond donors (Lipinski definition) is 1. The molecule has 1 amide bonds. The van der Waals surface area contributed by atoms with E-state index in [1.54, 1.807) is 18.2 Å². The van der Waals surface area contributed by atoms with Crippen LogP contribution in [-0.2, 0) is 11.2 Å². The monoisotopic (exact) mass is 284 g/mol. The second-order valence-electron chi connectivity index (χ2n) is 5.34. The predicted molar refractivity (Wildman–Crippen MR) is 82.0 cm³/mol. The molecular weight excluding hydrogens is 267 g/mol. The highest BCUT2D eigenvalue weighted by atomic mass is 19.1. The van der Waals surface area contributed by atoms with Crippen LogP contribution in [0.2, 0.25) is 0 Å². The molecule has 0 aliphatic carbocycles. The minimum Gasteiger partial charge on any atom is -0.359 e. The van der Waals surface area contributed by atoms with Crippen molar-refractivity contribution in [2.24, 2.45) is 0 Å². The number of carbonyl (C=O) groups is 1. The molecule has 0 unspecified atom stereocenters. The topological polar surface area (TPSA) is 32.3 Å². The van der Waals surface area contributed by atoms with Crippen LogP contribution in [0.15, 0.2) is 48.5 Å². The second kappa shape index (κ2) is 5.56. The second-order valence-corrected chi connectivity index (χ2v) is 5.34. The fraction of sp³-hybridized carbons (Fsp3) is 0.235. The maximum Gasteiger partial charge on any atom is 0.243 e. The Hall–Kier alpha value is -2.36. The van der Waals surface area contributed by atoms with Gasteiger partial charge in [0, 0.05) is 11.7 Å². The highest BCUT2D eigenvalue weighted by Crippen LogP contribution is 2.31. The first kappa shape index (κ1) is 13.6. The van der Waals surface area contributed by atoms with Gasteiger partial charge in [0.25, 0.3) is 0 Å². The molecule has 1 atom stereocenters. The van der Waals surface area contributed by atoms with Crippen LogP contribution in [0.4, 0.5) is 15.8 Å². The van der Waals surface area contributed by atoms with E-state index in [0.29, 0.717) is 0 Å². The molecule has 1 aliphatic rings. The van der Waals surface area contributed by atoms with E-state index in [0.717, 1.165) is 12.1 Å². The summed E-state index contributed by atoms with van der Waals surface area (Å²) < 4.78 is 13.6. The van der Waals surface area contributed by atoms with Gasteiger partial charge >= 0.3 is 0 Å². The maximum atomic E-state index is 13.6. The van der Waals surface area contributed by atoms with Crippen molar-refractivity contribution >= 4 is 17.3 Å². The van der Waals surface area contributed by atoms with Gasteiger partial charge in [-0.3, -0.25) is 4.79 Å². The number of hydrogen-bond acceptors (Lipinski definition) is 2. The lowest BCUT2D eigenvalue weighted by Gasteiger charge is -2.24. The summed E-state index contributed by atoms with van der Waals surface area (Å²) in [6, 6.07) is 14.6. The average Bonchev–Trinajstić information content (AvgIpc) is 2.78. The number of nitrogens with zero attached hydrogens (tertiary/aromatic N) is 1. The molecule has 108 valence electrons. The molecule has 1 heterocycles. The van der Waals surface area contributed by atoms with Crippen LogP contribution >= 0.6 is 0 Å². The molecule has 0 aromatic heterocycles. The summed E-state index contributed by atoms with van der Waals surface area (Å²) in [6.07, 6.45) is 0.934. The zero-order chi connectivity index (χ0) is 14.8. The van der Waals surface area contributed by atoms with Gasteiger partial charge in [-0.25, -0.2) is 4.39 Å². The zero-order valence-electron chi connectivity index (χ0n) is 11.8. The molecule has 1 N–H and O–H groups in total. The molecule has 0 saturated carbocycles. The Kier molecular flexibility index (Phi) is 3.60. The first-order valence-electron chi connectivity index (χ1n) is 7.04. The molecule has 0 radical (unpaired) electrons. The van der Waals surface area contributed by atoms with Gasteiger partial charge in [-0.15, -0.1) is 0 Å². The van der Waals surface area contributed by atoms with E-state index >= 15 is 0 Å². The van der Waals surface area contributed by atoms with E-state index in [4.69, 9.17) is 0 Å².